The van der Waals surface area contributed by atoms with Gasteiger partial charge in [0, 0.05) is 29.1 Å². The molecule has 0 unspecified atom stereocenters. The van der Waals surface area contributed by atoms with Crippen LogP contribution in [0.1, 0.15) is 21.7 Å². The Balaban J connectivity index is 2.33. The lowest BCUT2D eigenvalue weighted by Gasteiger charge is -2.14. The molecule has 0 amide bonds. The smallest absolute Gasteiger partial charge is 0.182 e. The summed E-state index contributed by atoms with van der Waals surface area (Å²) < 4.78 is 12.3. The highest BCUT2D eigenvalue weighted by molar-refractivity contribution is 5.96. The van der Waals surface area contributed by atoms with E-state index in [1.807, 2.05) is 18.4 Å². The molecule has 0 radical (unpaired) electrons. The minimum Gasteiger partial charge on any atom is -0.493 e. The number of Topliss-reactive ketones (excluding diaryl/α,β-unsaturated/α-hetero) is 1. The molecule has 1 aromatic carbocycles. The second-order valence-electron chi connectivity index (χ2n) is 5.13. The average Bonchev–Trinajstić information content (AvgIpc) is 2.51. The standard InChI is InChI=1S/C18H19NO4/c1-5-23-18-10-14(6-7-17(18)22-4)16(21)11-19-12(2)8-15(20)9-13(19)3/h5-10H,1,11H2,2-4H3. The van der Waals surface area contributed by atoms with Crippen molar-refractivity contribution in [1.82, 2.24) is 4.57 Å². The first-order valence-electron chi connectivity index (χ1n) is 7.13. The van der Waals surface area contributed by atoms with E-state index in [1.54, 1.807) is 18.2 Å². The molecule has 0 aliphatic heterocycles. The highest BCUT2D eigenvalue weighted by Gasteiger charge is 2.13. The molecule has 0 bridgehead atoms. The molecule has 0 aliphatic rings. The van der Waals surface area contributed by atoms with Gasteiger partial charge in [-0.05, 0) is 32.0 Å². The number of aryl methyl sites for hydroxylation is 2. The predicted octanol–water partition coefficient (Wildman–Crippen LogP) is 2.88. The Hall–Kier alpha value is -2.82. The van der Waals surface area contributed by atoms with E-state index in [0.717, 1.165) is 11.4 Å². The minimum absolute atomic E-state index is 0.0604. The van der Waals surface area contributed by atoms with Crippen LogP contribution in [0.5, 0.6) is 11.5 Å². The van der Waals surface area contributed by atoms with Crippen molar-refractivity contribution in [3.8, 4) is 11.5 Å². The van der Waals surface area contributed by atoms with Crippen molar-refractivity contribution in [2.45, 2.75) is 20.4 Å². The zero-order valence-corrected chi connectivity index (χ0v) is 13.5. The molecule has 0 saturated carbocycles. The quantitative estimate of drug-likeness (QED) is 0.608. The predicted molar refractivity (Wildman–Crippen MR) is 88.3 cm³/mol. The summed E-state index contributed by atoms with van der Waals surface area (Å²) in [5.74, 6) is 0.871. The van der Waals surface area contributed by atoms with Crippen LogP contribution in [0.3, 0.4) is 0 Å². The molecule has 0 spiro atoms. The third-order valence-corrected chi connectivity index (χ3v) is 3.55. The molecule has 2 rings (SSSR count). The van der Waals surface area contributed by atoms with Gasteiger partial charge < -0.3 is 14.0 Å². The van der Waals surface area contributed by atoms with Crippen molar-refractivity contribution in [2.75, 3.05) is 7.11 Å². The molecule has 1 heterocycles. The second-order valence-corrected chi connectivity index (χ2v) is 5.13. The van der Waals surface area contributed by atoms with Gasteiger partial charge in [0.2, 0.25) is 0 Å². The maximum Gasteiger partial charge on any atom is 0.182 e. The fourth-order valence-electron chi connectivity index (χ4n) is 2.40. The number of aromatic nitrogens is 1. The topological polar surface area (TPSA) is 57.5 Å². The lowest BCUT2D eigenvalue weighted by molar-refractivity contribution is 0.0970. The minimum atomic E-state index is -0.0867. The number of ether oxygens (including phenoxy) is 2. The molecule has 5 heteroatoms. The zero-order chi connectivity index (χ0) is 17.0. The summed E-state index contributed by atoms with van der Waals surface area (Å²) in [7, 11) is 1.53. The lowest BCUT2D eigenvalue weighted by atomic mass is 10.1. The van der Waals surface area contributed by atoms with Crippen molar-refractivity contribution >= 4 is 5.78 Å². The summed E-state index contributed by atoms with van der Waals surface area (Å²) in [6.45, 7) is 7.27. The van der Waals surface area contributed by atoms with Gasteiger partial charge in [0.15, 0.2) is 22.7 Å². The molecule has 0 aliphatic carbocycles. The maximum absolute atomic E-state index is 12.5. The van der Waals surface area contributed by atoms with E-state index in [4.69, 9.17) is 9.47 Å². The van der Waals surface area contributed by atoms with E-state index >= 15 is 0 Å². The van der Waals surface area contributed by atoms with Crippen molar-refractivity contribution in [3.63, 3.8) is 0 Å². The number of benzene rings is 1. The summed E-state index contributed by atoms with van der Waals surface area (Å²) in [5.41, 5.74) is 1.94. The third kappa shape index (κ3) is 3.69. The fraction of sp³-hybridized carbons (Fsp3) is 0.222. The number of carbonyl (C=O) groups is 1. The van der Waals surface area contributed by atoms with Gasteiger partial charge in [-0.2, -0.15) is 0 Å². The number of pyridine rings is 1. The van der Waals surface area contributed by atoms with Crippen LogP contribution in [0.25, 0.3) is 0 Å². The Morgan fingerprint density at radius 3 is 2.39 bits per heavy atom. The van der Waals surface area contributed by atoms with Gasteiger partial charge in [-0.25, -0.2) is 0 Å². The Labute approximate surface area is 134 Å². The van der Waals surface area contributed by atoms with Crippen molar-refractivity contribution in [1.29, 1.82) is 0 Å². The number of hydrogen-bond acceptors (Lipinski definition) is 4. The highest BCUT2D eigenvalue weighted by atomic mass is 16.5. The van der Waals surface area contributed by atoms with Gasteiger partial charge in [0.05, 0.1) is 19.9 Å². The number of nitrogens with zero attached hydrogens (tertiary/aromatic N) is 1. The monoisotopic (exact) mass is 313 g/mol. The van der Waals surface area contributed by atoms with Crippen molar-refractivity contribution in [3.05, 3.63) is 70.3 Å². The molecule has 0 fully saturated rings. The number of ketones is 1. The molecule has 120 valence electrons. The maximum atomic E-state index is 12.5. The van der Waals surface area contributed by atoms with Crippen LogP contribution < -0.4 is 14.9 Å². The van der Waals surface area contributed by atoms with Crippen LogP contribution in [-0.4, -0.2) is 17.5 Å². The first-order chi connectivity index (χ1) is 11.0. The number of rotatable bonds is 6. The van der Waals surface area contributed by atoms with Crippen molar-refractivity contribution in [2.24, 2.45) is 0 Å². The summed E-state index contributed by atoms with van der Waals surface area (Å²) >= 11 is 0. The van der Waals surface area contributed by atoms with E-state index in [0.29, 0.717) is 17.1 Å². The highest BCUT2D eigenvalue weighted by Crippen LogP contribution is 2.28. The molecular weight excluding hydrogens is 294 g/mol. The molecule has 23 heavy (non-hydrogen) atoms. The van der Waals surface area contributed by atoms with Crippen LogP contribution in [0.4, 0.5) is 0 Å². The summed E-state index contributed by atoms with van der Waals surface area (Å²) in [6.07, 6.45) is 1.28. The average molecular weight is 313 g/mol. The van der Waals surface area contributed by atoms with Gasteiger partial charge >= 0.3 is 0 Å². The van der Waals surface area contributed by atoms with E-state index in [1.165, 1.54) is 25.5 Å². The van der Waals surface area contributed by atoms with E-state index in [9.17, 15) is 9.59 Å². The van der Waals surface area contributed by atoms with Crippen LogP contribution >= 0.6 is 0 Å². The second kappa shape index (κ2) is 6.96. The SMILES string of the molecule is C=COc1cc(C(=O)Cn2c(C)cc(=O)cc2C)ccc1OC. The van der Waals surface area contributed by atoms with Crippen LogP contribution in [0.15, 0.2) is 48.0 Å². The summed E-state index contributed by atoms with van der Waals surface area (Å²) in [5, 5.41) is 0. The largest absolute Gasteiger partial charge is 0.493 e. The molecule has 5 nitrogen and oxygen atoms in total. The first kappa shape index (κ1) is 16.5. The number of methoxy groups -OCH3 is 1. The Morgan fingerprint density at radius 2 is 1.83 bits per heavy atom. The van der Waals surface area contributed by atoms with Gasteiger partial charge in [0.25, 0.3) is 0 Å². The lowest BCUT2D eigenvalue weighted by Crippen LogP contribution is -2.18. The Morgan fingerprint density at radius 1 is 1.17 bits per heavy atom. The van der Waals surface area contributed by atoms with E-state index < -0.39 is 0 Å². The van der Waals surface area contributed by atoms with E-state index in [-0.39, 0.29) is 17.8 Å². The number of carbonyl (C=O) groups excluding carboxylic acids is 1. The Bertz CT molecular complexity index is 779. The van der Waals surface area contributed by atoms with Crippen molar-refractivity contribution < 1.29 is 14.3 Å². The normalized spacial score (nSPS) is 10.2. The van der Waals surface area contributed by atoms with Crippen LogP contribution in [0, 0.1) is 13.8 Å². The Kier molecular flexibility index (Phi) is 5.01. The van der Waals surface area contributed by atoms with E-state index in [2.05, 4.69) is 6.58 Å². The fourth-order valence-corrected chi connectivity index (χ4v) is 2.40. The molecule has 0 saturated heterocycles. The molecule has 1 aromatic heterocycles. The zero-order valence-electron chi connectivity index (χ0n) is 13.5. The summed E-state index contributed by atoms with van der Waals surface area (Å²) in [6, 6.07) is 8.01. The molecular formula is C18H19NO4. The first-order valence-corrected chi connectivity index (χ1v) is 7.13. The van der Waals surface area contributed by atoms with Gasteiger partial charge in [0.1, 0.15) is 0 Å². The van der Waals surface area contributed by atoms with Gasteiger partial charge in [-0.3, -0.25) is 9.59 Å². The summed E-state index contributed by atoms with van der Waals surface area (Å²) in [4.78, 5) is 24.0. The number of hydrogen-bond donors (Lipinski definition) is 0. The third-order valence-electron chi connectivity index (χ3n) is 3.55. The molecule has 2 aromatic rings. The van der Waals surface area contributed by atoms with Gasteiger partial charge in [-0.1, -0.05) is 6.58 Å². The molecule has 0 N–H and O–H groups in total. The molecule has 0 atom stereocenters. The van der Waals surface area contributed by atoms with Gasteiger partial charge in [-0.15, -0.1) is 0 Å². The van der Waals surface area contributed by atoms with Crippen LogP contribution in [-0.2, 0) is 6.54 Å². The van der Waals surface area contributed by atoms with Crippen LogP contribution in [0.2, 0.25) is 0 Å².